The molecule has 0 radical (unpaired) electrons. The van der Waals surface area contributed by atoms with Crippen molar-refractivity contribution in [3.05, 3.63) is 10.5 Å². The first-order valence-corrected chi connectivity index (χ1v) is 14.4. The Hall–Kier alpha value is 0.0500. The predicted molar refractivity (Wildman–Crippen MR) is 141 cm³/mol. The van der Waals surface area contributed by atoms with Gasteiger partial charge >= 0.3 is 0 Å². The molecule has 184 valence electrons. The van der Waals surface area contributed by atoms with Gasteiger partial charge in [-0.15, -0.1) is 12.6 Å². The van der Waals surface area contributed by atoms with Crippen LogP contribution in [-0.4, -0.2) is 11.2 Å². The van der Waals surface area contributed by atoms with Gasteiger partial charge in [0.05, 0.1) is 6.10 Å². The fraction of sp³-hybridized carbons (Fsp3) is 0.933. The van der Waals surface area contributed by atoms with Crippen LogP contribution in [0.1, 0.15) is 119 Å². The van der Waals surface area contributed by atoms with E-state index in [0.29, 0.717) is 10.8 Å². The van der Waals surface area contributed by atoms with Gasteiger partial charge in [0.1, 0.15) is 0 Å². The lowest BCUT2D eigenvalue weighted by molar-refractivity contribution is -0.0823. The summed E-state index contributed by atoms with van der Waals surface area (Å²) in [5.74, 6) is 5.07. The van der Waals surface area contributed by atoms with E-state index in [2.05, 4.69) is 48.5 Å². The molecule has 4 rings (SSSR count). The number of thiol groups is 1. The Morgan fingerprint density at radius 2 is 1.50 bits per heavy atom. The van der Waals surface area contributed by atoms with Crippen LogP contribution in [0.3, 0.4) is 0 Å². The second-order valence-corrected chi connectivity index (χ2v) is 14.5. The van der Waals surface area contributed by atoms with Crippen molar-refractivity contribution in [1.29, 1.82) is 0 Å². The third-order valence-corrected chi connectivity index (χ3v) is 12.9. The van der Waals surface area contributed by atoms with Gasteiger partial charge in [-0.3, -0.25) is 0 Å². The molecule has 32 heavy (non-hydrogen) atoms. The highest BCUT2D eigenvalue weighted by Gasteiger charge is 2.62. The Morgan fingerprint density at radius 3 is 2.19 bits per heavy atom. The number of allylic oxidation sites excluding steroid dienone is 2. The van der Waals surface area contributed by atoms with E-state index in [1.165, 1.54) is 68.3 Å². The Morgan fingerprint density at radius 1 is 0.875 bits per heavy atom. The lowest BCUT2D eigenvalue weighted by Crippen LogP contribution is -2.50. The van der Waals surface area contributed by atoms with Crippen molar-refractivity contribution < 1.29 is 5.11 Å². The minimum Gasteiger partial charge on any atom is -0.393 e. The average molecular weight is 461 g/mol. The molecule has 0 amide bonds. The summed E-state index contributed by atoms with van der Waals surface area (Å²) < 4.78 is 0. The molecule has 0 spiro atoms. The maximum absolute atomic E-state index is 10.8. The third-order valence-electron chi connectivity index (χ3n) is 12.2. The van der Waals surface area contributed by atoms with Crippen LogP contribution in [0.25, 0.3) is 0 Å². The van der Waals surface area contributed by atoms with Gasteiger partial charge in [0.2, 0.25) is 0 Å². The molecule has 0 unspecified atom stereocenters. The van der Waals surface area contributed by atoms with Crippen LogP contribution < -0.4 is 0 Å². The van der Waals surface area contributed by atoms with E-state index in [1.54, 1.807) is 0 Å². The number of fused-ring (bicyclic) bond motifs is 4. The summed E-state index contributed by atoms with van der Waals surface area (Å²) in [4.78, 5) is 1.31. The maximum Gasteiger partial charge on any atom is 0.0594 e. The number of aliphatic hydroxyl groups excluding tert-OH is 1. The molecule has 0 aromatic rings. The molecule has 9 atom stereocenters. The van der Waals surface area contributed by atoms with Crippen LogP contribution in [0, 0.1) is 51.8 Å². The second kappa shape index (κ2) is 8.92. The summed E-state index contributed by atoms with van der Waals surface area (Å²) in [6.07, 6.45) is 14.6. The largest absolute Gasteiger partial charge is 0.393 e. The minimum absolute atomic E-state index is 0.0982. The van der Waals surface area contributed by atoms with Crippen molar-refractivity contribution in [3.63, 3.8) is 0 Å². The van der Waals surface area contributed by atoms with Gasteiger partial charge in [-0.1, -0.05) is 40.2 Å². The van der Waals surface area contributed by atoms with Gasteiger partial charge in [-0.05, 0) is 141 Å². The van der Waals surface area contributed by atoms with Crippen molar-refractivity contribution in [2.75, 3.05) is 0 Å². The van der Waals surface area contributed by atoms with Crippen LogP contribution in [-0.2, 0) is 0 Å². The number of hydrogen-bond donors (Lipinski definition) is 2. The predicted octanol–water partition coefficient (Wildman–Crippen LogP) is 8.67. The Balaban J connectivity index is 1.53. The second-order valence-electron chi connectivity index (χ2n) is 13.9. The Kier molecular flexibility index (Phi) is 7.01. The molecule has 1 N–H and O–H groups in total. The van der Waals surface area contributed by atoms with E-state index in [9.17, 15) is 5.11 Å². The first-order valence-electron chi connectivity index (χ1n) is 13.9. The summed E-state index contributed by atoms with van der Waals surface area (Å²) in [5.41, 5.74) is 2.49. The number of hydrogen-bond acceptors (Lipinski definition) is 2. The highest BCUT2D eigenvalue weighted by atomic mass is 32.1. The average Bonchev–Trinajstić information content (AvgIpc) is 2.87. The third kappa shape index (κ3) is 3.96. The quantitative estimate of drug-likeness (QED) is 0.402. The molecule has 2 heteroatoms. The summed E-state index contributed by atoms with van der Waals surface area (Å²) in [5, 5.41) is 10.8. The van der Waals surface area contributed by atoms with Crippen LogP contribution in [0.2, 0.25) is 0 Å². The van der Waals surface area contributed by atoms with E-state index in [-0.39, 0.29) is 11.5 Å². The van der Waals surface area contributed by atoms with Crippen LogP contribution in [0.4, 0.5) is 0 Å². The highest BCUT2D eigenvalue weighted by Crippen LogP contribution is 2.70. The fourth-order valence-corrected chi connectivity index (χ4v) is 9.90. The molecule has 4 aliphatic carbocycles. The van der Waals surface area contributed by atoms with Crippen LogP contribution in [0.5, 0.6) is 0 Å². The van der Waals surface area contributed by atoms with E-state index < -0.39 is 0 Å². The lowest BCUT2D eigenvalue weighted by Gasteiger charge is -2.57. The topological polar surface area (TPSA) is 20.2 Å². The van der Waals surface area contributed by atoms with Crippen molar-refractivity contribution >= 4 is 12.6 Å². The molecule has 0 heterocycles. The Bertz CT molecular complexity index is 720. The molecule has 0 aromatic carbocycles. The zero-order chi connectivity index (χ0) is 23.5. The number of rotatable bonds is 4. The minimum atomic E-state index is -0.0982. The van der Waals surface area contributed by atoms with Gasteiger partial charge in [0.15, 0.2) is 0 Å². The number of aliphatic hydroxyl groups is 1. The van der Waals surface area contributed by atoms with Gasteiger partial charge in [-0.2, -0.15) is 0 Å². The molecule has 0 saturated heterocycles. The normalized spacial score (nSPS) is 46.4. The van der Waals surface area contributed by atoms with Crippen molar-refractivity contribution in [3.8, 4) is 0 Å². The van der Waals surface area contributed by atoms with Crippen LogP contribution in [0.15, 0.2) is 10.5 Å². The summed E-state index contributed by atoms with van der Waals surface area (Å²) in [7, 11) is 0. The molecule has 4 fully saturated rings. The molecule has 0 aromatic heterocycles. The zero-order valence-electron chi connectivity index (χ0n) is 22.2. The smallest absolute Gasteiger partial charge is 0.0594 e. The zero-order valence-corrected chi connectivity index (χ0v) is 23.1. The highest BCUT2D eigenvalue weighted by molar-refractivity contribution is 7.84. The summed E-state index contributed by atoms with van der Waals surface area (Å²) >= 11 is 4.77. The molecule has 0 aliphatic heterocycles. The fourth-order valence-electron chi connectivity index (χ4n) is 9.77. The molecule has 4 aliphatic rings. The van der Waals surface area contributed by atoms with Gasteiger partial charge in [-0.25, -0.2) is 0 Å². The standard InChI is InChI=1S/C30H52OS/c1-19(2)26(32)12-8-20(3)23-15-17-30(7)25-11-10-24-21(9-13-27(31)28(24,4)5)18-22(25)14-16-29(23,30)6/h20-25,27,31-32H,8-18H2,1-7H3/t20-,21+,22-,23-,24-,25-,27+,29+,30-/m0/s1. The van der Waals surface area contributed by atoms with Gasteiger partial charge in [0.25, 0.3) is 0 Å². The van der Waals surface area contributed by atoms with E-state index in [4.69, 9.17) is 12.6 Å². The van der Waals surface area contributed by atoms with Crippen molar-refractivity contribution in [2.24, 2.45) is 51.8 Å². The van der Waals surface area contributed by atoms with E-state index in [0.717, 1.165) is 48.3 Å². The molecular formula is C30H52OS. The SMILES string of the molecule is CC(C)=C(S)CC[C@H](C)[C@@H]1CC[C@@]2(C)[C@H]3CC[C@H]4[C@H](CC[C@@H](O)C4(C)C)C[C@@H]3CC[C@]12C. The van der Waals surface area contributed by atoms with Crippen molar-refractivity contribution in [1.82, 2.24) is 0 Å². The summed E-state index contributed by atoms with van der Waals surface area (Å²) in [6, 6.07) is 0. The van der Waals surface area contributed by atoms with E-state index >= 15 is 0 Å². The monoisotopic (exact) mass is 460 g/mol. The maximum atomic E-state index is 10.8. The summed E-state index contributed by atoms with van der Waals surface area (Å²) in [6.45, 7) is 17.1. The lowest BCUT2D eigenvalue weighted by atomic mass is 9.48. The van der Waals surface area contributed by atoms with Gasteiger partial charge in [0, 0.05) is 0 Å². The molecular weight excluding hydrogens is 408 g/mol. The first kappa shape index (κ1) is 25.2. The Labute approximate surface area is 205 Å². The first-order chi connectivity index (χ1) is 14.9. The van der Waals surface area contributed by atoms with Gasteiger partial charge < -0.3 is 5.11 Å². The molecule has 1 nitrogen and oxygen atoms in total. The van der Waals surface area contributed by atoms with E-state index in [1.807, 2.05) is 0 Å². The molecule has 4 saturated carbocycles. The van der Waals surface area contributed by atoms with Crippen LogP contribution >= 0.6 is 12.6 Å². The molecule has 0 bridgehead atoms. The van der Waals surface area contributed by atoms with Crippen molar-refractivity contribution in [2.45, 2.75) is 125 Å².